The molecule has 0 radical (unpaired) electrons. The largest absolute Gasteiger partial charge is 0.466 e. The smallest absolute Gasteiger partial charge is 0.257 e. The van der Waals surface area contributed by atoms with Gasteiger partial charge in [0.05, 0.1) is 36.0 Å². The predicted molar refractivity (Wildman–Crippen MR) is 99.4 cm³/mol. The third-order valence-corrected chi connectivity index (χ3v) is 6.21. The van der Waals surface area contributed by atoms with E-state index < -0.39 is 0 Å². The number of aryl methyl sites for hydroxylation is 3. The Morgan fingerprint density at radius 1 is 1.27 bits per heavy atom. The van der Waals surface area contributed by atoms with Crippen molar-refractivity contribution < 1.29 is 13.9 Å². The van der Waals surface area contributed by atoms with Gasteiger partial charge in [0, 0.05) is 37.0 Å². The molecule has 0 saturated carbocycles. The lowest BCUT2D eigenvalue weighted by Gasteiger charge is -2.31. The van der Waals surface area contributed by atoms with Crippen LogP contribution < -0.4 is 0 Å². The van der Waals surface area contributed by atoms with Crippen LogP contribution >= 0.6 is 11.3 Å². The highest BCUT2D eigenvalue weighted by Gasteiger charge is 2.37. The average molecular weight is 375 g/mol. The Balaban J connectivity index is 1.56. The van der Waals surface area contributed by atoms with Crippen LogP contribution in [-0.2, 0) is 11.3 Å². The lowest BCUT2D eigenvalue weighted by atomic mass is 10.1. The van der Waals surface area contributed by atoms with Crippen LogP contribution in [0.25, 0.3) is 0 Å². The van der Waals surface area contributed by atoms with Gasteiger partial charge in [0.25, 0.3) is 5.91 Å². The number of thiazole rings is 1. The Labute approximate surface area is 157 Å². The quantitative estimate of drug-likeness (QED) is 0.825. The molecule has 0 aliphatic carbocycles. The van der Waals surface area contributed by atoms with Crippen molar-refractivity contribution in [3.63, 3.8) is 0 Å². The van der Waals surface area contributed by atoms with E-state index in [0.29, 0.717) is 30.5 Å². The minimum atomic E-state index is 0.0654. The van der Waals surface area contributed by atoms with Crippen molar-refractivity contribution in [2.45, 2.75) is 33.4 Å². The molecule has 2 aromatic rings. The lowest BCUT2D eigenvalue weighted by Crippen LogP contribution is -2.46. The maximum atomic E-state index is 13.2. The molecule has 0 spiro atoms. The molecule has 2 fully saturated rings. The highest BCUT2D eigenvalue weighted by molar-refractivity contribution is 7.09. The fourth-order valence-corrected chi connectivity index (χ4v) is 4.82. The molecule has 26 heavy (non-hydrogen) atoms. The molecule has 140 valence electrons. The van der Waals surface area contributed by atoms with Crippen LogP contribution in [0.2, 0.25) is 0 Å². The van der Waals surface area contributed by atoms with Crippen molar-refractivity contribution in [3.8, 4) is 0 Å². The maximum Gasteiger partial charge on any atom is 0.257 e. The Bertz CT molecular complexity index is 800. The molecule has 2 aromatic heterocycles. The van der Waals surface area contributed by atoms with Crippen molar-refractivity contribution in [1.29, 1.82) is 0 Å². The lowest BCUT2D eigenvalue weighted by molar-refractivity contribution is 0.0425. The molecule has 4 rings (SSSR count). The second-order valence-corrected chi connectivity index (χ2v) is 8.34. The molecular weight excluding hydrogens is 350 g/mol. The molecule has 7 heteroatoms. The topological polar surface area (TPSA) is 58.8 Å². The first kappa shape index (κ1) is 17.7. The van der Waals surface area contributed by atoms with E-state index in [9.17, 15) is 4.79 Å². The standard InChI is InChI=1S/C19H25N3O3S/c1-12-4-17(14(3)25-12)19(23)22-6-15-5-21(7-16(22)10-24-9-15)8-18-13(2)20-11-26-18/h4,11,15-16H,5-10H2,1-3H3/t15-,16-/m0/s1. The second-order valence-electron chi connectivity index (χ2n) is 7.40. The third-order valence-electron chi connectivity index (χ3n) is 5.29. The van der Waals surface area contributed by atoms with Crippen molar-refractivity contribution in [2.24, 2.45) is 5.92 Å². The van der Waals surface area contributed by atoms with Crippen LogP contribution in [0, 0.1) is 26.7 Å². The number of aromatic nitrogens is 1. The molecule has 2 aliphatic rings. The average Bonchev–Trinajstić information content (AvgIpc) is 2.99. The van der Waals surface area contributed by atoms with Gasteiger partial charge in [0.1, 0.15) is 11.5 Å². The second kappa shape index (κ2) is 7.13. The van der Waals surface area contributed by atoms with Crippen LogP contribution in [0.4, 0.5) is 0 Å². The summed E-state index contributed by atoms with van der Waals surface area (Å²) in [6.07, 6.45) is 0. The van der Waals surface area contributed by atoms with Gasteiger partial charge in [-0.3, -0.25) is 9.69 Å². The van der Waals surface area contributed by atoms with Gasteiger partial charge in [-0.25, -0.2) is 4.98 Å². The summed E-state index contributed by atoms with van der Waals surface area (Å²) in [6.45, 7) is 10.5. The zero-order chi connectivity index (χ0) is 18.3. The number of hydrogen-bond acceptors (Lipinski definition) is 6. The first-order chi connectivity index (χ1) is 12.5. The van der Waals surface area contributed by atoms with E-state index in [2.05, 4.69) is 16.8 Å². The summed E-state index contributed by atoms with van der Waals surface area (Å²) in [5, 5.41) is 0. The molecule has 0 unspecified atom stereocenters. The number of fused-ring (bicyclic) bond motifs is 3. The van der Waals surface area contributed by atoms with Gasteiger partial charge >= 0.3 is 0 Å². The molecule has 4 heterocycles. The Hall–Kier alpha value is -1.70. The van der Waals surface area contributed by atoms with Crippen molar-refractivity contribution >= 4 is 17.2 Å². The molecule has 0 aromatic carbocycles. The number of ether oxygens (including phenoxy) is 1. The number of furan rings is 1. The Kier molecular flexibility index (Phi) is 4.86. The molecule has 2 saturated heterocycles. The number of nitrogens with zero attached hydrogens (tertiary/aromatic N) is 3. The number of carbonyl (C=O) groups excluding carboxylic acids is 1. The highest BCUT2D eigenvalue weighted by atomic mass is 32.1. The number of carbonyl (C=O) groups is 1. The first-order valence-electron chi connectivity index (χ1n) is 9.08. The number of hydrogen-bond donors (Lipinski definition) is 0. The van der Waals surface area contributed by atoms with E-state index in [4.69, 9.17) is 9.15 Å². The van der Waals surface area contributed by atoms with Gasteiger partial charge in [-0.05, 0) is 26.8 Å². The molecule has 2 bridgehead atoms. The predicted octanol–water partition coefficient (Wildman–Crippen LogP) is 2.63. The summed E-state index contributed by atoms with van der Waals surface area (Å²) in [7, 11) is 0. The maximum absolute atomic E-state index is 13.2. The van der Waals surface area contributed by atoms with E-state index in [1.54, 1.807) is 11.3 Å². The van der Waals surface area contributed by atoms with Gasteiger partial charge in [-0.15, -0.1) is 11.3 Å². The summed E-state index contributed by atoms with van der Waals surface area (Å²) < 4.78 is 11.4. The van der Waals surface area contributed by atoms with E-state index in [-0.39, 0.29) is 11.9 Å². The molecule has 0 N–H and O–H groups in total. The van der Waals surface area contributed by atoms with Crippen molar-refractivity contribution in [3.05, 3.63) is 39.2 Å². The van der Waals surface area contributed by atoms with Gasteiger partial charge in [-0.1, -0.05) is 0 Å². The van der Waals surface area contributed by atoms with E-state index in [0.717, 1.165) is 37.6 Å². The summed E-state index contributed by atoms with van der Waals surface area (Å²) in [6, 6.07) is 1.92. The Morgan fingerprint density at radius 3 is 2.81 bits per heavy atom. The van der Waals surface area contributed by atoms with Crippen LogP contribution in [0.3, 0.4) is 0 Å². The monoisotopic (exact) mass is 375 g/mol. The van der Waals surface area contributed by atoms with Gasteiger partial charge in [0.2, 0.25) is 0 Å². The SMILES string of the molecule is Cc1cc(C(=O)N2C[C@H]3COC[C@@H]2CN(Cc2scnc2C)C3)c(C)o1. The summed E-state index contributed by atoms with van der Waals surface area (Å²) in [5.41, 5.74) is 3.70. The minimum absolute atomic E-state index is 0.0654. The summed E-state index contributed by atoms with van der Waals surface area (Å²) in [4.78, 5) is 23.3. The zero-order valence-corrected chi connectivity index (χ0v) is 16.3. The number of amides is 1. The van der Waals surface area contributed by atoms with Crippen LogP contribution in [0.1, 0.15) is 32.4 Å². The molecular formula is C19H25N3O3S. The van der Waals surface area contributed by atoms with Crippen LogP contribution in [0.15, 0.2) is 16.0 Å². The fraction of sp³-hybridized carbons (Fsp3) is 0.579. The normalized spacial score (nSPS) is 23.9. The molecule has 2 aliphatic heterocycles. The van der Waals surface area contributed by atoms with E-state index in [1.807, 2.05) is 30.3 Å². The van der Waals surface area contributed by atoms with Crippen molar-refractivity contribution in [1.82, 2.24) is 14.8 Å². The third kappa shape index (κ3) is 3.43. The van der Waals surface area contributed by atoms with E-state index in [1.165, 1.54) is 4.88 Å². The fourth-order valence-electron chi connectivity index (χ4n) is 4.00. The van der Waals surface area contributed by atoms with Crippen molar-refractivity contribution in [2.75, 3.05) is 32.8 Å². The summed E-state index contributed by atoms with van der Waals surface area (Å²) >= 11 is 1.71. The molecule has 1 amide bonds. The first-order valence-corrected chi connectivity index (χ1v) is 9.96. The number of rotatable bonds is 3. The van der Waals surface area contributed by atoms with Crippen LogP contribution in [-0.4, -0.2) is 59.6 Å². The van der Waals surface area contributed by atoms with Gasteiger partial charge in [0.15, 0.2) is 0 Å². The Morgan fingerprint density at radius 2 is 2.12 bits per heavy atom. The molecule has 6 nitrogen and oxygen atoms in total. The van der Waals surface area contributed by atoms with Gasteiger partial charge in [-0.2, -0.15) is 0 Å². The highest BCUT2D eigenvalue weighted by Crippen LogP contribution is 2.26. The van der Waals surface area contributed by atoms with Crippen LogP contribution in [0.5, 0.6) is 0 Å². The van der Waals surface area contributed by atoms with E-state index >= 15 is 0 Å². The summed E-state index contributed by atoms with van der Waals surface area (Å²) in [5.74, 6) is 1.87. The van der Waals surface area contributed by atoms with Gasteiger partial charge < -0.3 is 14.1 Å². The zero-order valence-electron chi connectivity index (χ0n) is 15.5. The minimum Gasteiger partial charge on any atom is -0.466 e. The molecule has 2 atom stereocenters.